The number of benzene rings is 1. The molecule has 98 valence electrons. The molecule has 4 heteroatoms. The zero-order chi connectivity index (χ0) is 13.3. The van der Waals surface area contributed by atoms with Gasteiger partial charge < -0.3 is 9.55 Å². The molecule has 1 heterocycles. The minimum atomic E-state index is -0.187. The third-order valence-electron chi connectivity index (χ3n) is 3.22. The first-order chi connectivity index (χ1) is 8.49. The van der Waals surface area contributed by atoms with Gasteiger partial charge in [0.25, 0.3) is 0 Å². The molecule has 0 saturated heterocycles. The molecule has 0 bridgehead atoms. The van der Waals surface area contributed by atoms with Crippen molar-refractivity contribution in [1.82, 2.24) is 9.55 Å². The first-order valence-corrected chi connectivity index (χ1v) is 6.78. The Kier molecular flexibility index (Phi) is 3.85. The molecular weight excluding hydrogens is 247 g/mol. The fraction of sp³-hybridized carbons (Fsp3) is 0.500. The summed E-state index contributed by atoms with van der Waals surface area (Å²) in [5, 5.41) is 0. The Morgan fingerprint density at radius 1 is 1.39 bits per heavy atom. The van der Waals surface area contributed by atoms with Crippen LogP contribution in [0.25, 0.3) is 11.0 Å². The van der Waals surface area contributed by atoms with Gasteiger partial charge in [-0.15, -0.1) is 0 Å². The molecule has 0 saturated carbocycles. The van der Waals surface area contributed by atoms with Gasteiger partial charge in [-0.25, -0.2) is 4.39 Å². The summed E-state index contributed by atoms with van der Waals surface area (Å²) in [6.07, 6.45) is 2.27. The average molecular weight is 266 g/mol. The molecule has 0 spiro atoms. The van der Waals surface area contributed by atoms with E-state index < -0.39 is 0 Å². The van der Waals surface area contributed by atoms with Crippen LogP contribution in [0, 0.1) is 23.4 Å². The van der Waals surface area contributed by atoms with Gasteiger partial charge in [0, 0.05) is 6.54 Å². The number of nitrogens with one attached hydrogen (secondary N) is 1. The van der Waals surface area contributed by atoms with Crippen LogP contribution in [0.15, 0.2) is 12.1 Å². The monoisotopic (exact) mass is 266 g/mol. The summed E-state index contributed by atoms with van der Waals surface area (Å²) in [5.41, 5.74) is 2.45. The van der Waals surface area contributed by atoms with Gasteiger partial charge in [0.1, 0.15) is 5.82 Å². The van der Waals surface area contributed by atoms with Crippen molar-refractivity contribution in [2.45, 2.75) is 40.2 Å². The number of fused-ring (bicyclic) bond motifs is 1. The summed E-state index contributed by atoms with van der Waals surface area (Å²) >= 11 is 5.30. The van der Waals surface area contributed by atoms with Crippen LogP contribution in [0.5, 0.6) is 0 Å². The molecule has 0 radical (unpaired) electrons. The van der Waals surface area contributed by atoms with Gasteiger partial charge in [0.2, 0.25) is 0 Å². The molecule has 2 rings (SSSR count). The van der Waals surface area contributed by atoms with Crippen molar-refractivity contribution < 1.29 is 4.39 Å². The molecule has 2 aromatic rings. The van der Waals surface area contributed by atoms with Crippen LogP contribution in [0.2, 0.25) is 0 Å². The number of hydrogen-bond acceptors (Lipinski definition) is 1. The SMILES string of the molecule is Cc1cc2c(cc1F)[nH]c(=S)n2CCCC(C)C. The largest absolute Gasteiger partial charge is 0.330 e. The number of imidazole rings is 1. The van der Waals surface area contributed by atoms with E-state index in [-0.39, 0.29) is 5.82 Å². The zero-order valence-corrected chi connectivity index (χ0v) is 11.9. The van der Waals surface area contributed by atoms with E-state index >= 15 is 0 Å². The second kappa shape index (κ2) is 5.22. The summed E-state index contributed by atoms with van der Waals surface area (Å²) in [7, 11) is 0. The van der Waals surface area contributed by atoms with Gasteiger partial charge in [0.15, 0.2) is 4.77 Å². The molecule has 0 amide bonds. The molecular formula is C14H19FN2S. The molecule has 0 aliphatic heterocycles. The van der Waals surface area contributed by atoms with Gasteiger partial charge in [-0.3, -0.25) is 0 Å². The highest BCUT2D eigenvalue weighted by Gasteiger charge is 2.08. The van der Waals surface area contributed by atoms with E-state index in [1.54, 1.807) is 6.92 Å². The fourth-order valence-electron chi connectivity index (χ4n) is 2.16. The van der Waals surface area contributed by atoms with Crippen LogP contribution in [-0.4, -0.2) is 9.55 Å². The molecule has 18 heavy (non-hydrogen) atoms. The van der Waals surface area contributed by atoms with E-state index in [1.807, 2.05) is 6.07 Å². The molecule has 1 N–H and O–H groups in total. The van der Waals surface area contributed by atoms with Crippen molar-refractivity contribution in [3.8, 4) is 0 Å². The number of aromatic nitrogens is 2. The topological polar surface area (TPSA) is 20.7 Å². The van der Waals surface area contributed by atoms with Gasteiger partial charge in [-0.1, -0.05) is 13.8 Å². The minimum absolute atomic E-state index is 0.187. The number of nitrogens with zero attached hydrogens (tertiary/aromatic N) is 1. The van der Waals surface area contributed by atoms with E-state index in [9.17, 15) is 4.39 Å². The lowest BCUT2D eigenvalue weighted by Gasteiger charge is -2.07. The van der Waals surface area contributed by atoms with E-state index in [0.717, 1.165) is 24.0 Å². The quantitative estimate of drug-likeness (QED) is 0.803. The number of rotatable bonds is 4. The van der Waals surface area contributed by atoms with Crippen LogP contribution in [0.3, 0.4) is 0 Å². The molecule has 1 aromatic heterocycles. The number of halogens is 1. The predicted molar refractivity (Wildman–Crippen MR) is 75.9 cm³/mol. The fourth-order valence-corrected chi connectivity index (χ4v) is 2.46. The van der Waals surface area contributed by atoms with Crippen LogP contribution >= 0.6 is 12.2 Å². The van der Waals surface area contributed by atoms with Gasteiger partial charge in [0.05, 0.1) is 11.0 Å². The number of aromatic amines is 1. The summed E-state index contributed by atoms with van der Waals surface area (Å²) in [6.45, 7) is 7.10. The van der Waals surface area contributed by atoms with Crippen LogP contribution in [-0.2, 0) is 6.54 Å². The maximum atomic E-state index is 13.5. The van der Waals surface area contributed by atoms with Gasteiger partial charge >= 0.3 is 0 Å². The van der Waals surface area contributed by atoms with Gasteiger partial charge in [-0.05, 0) is 55.6 Å². The Morgan fingerprint density at radius 2 is 2.11 bits per heavy atom. The number of hydrogen-bond donors (Lipinski definition) is 1. The Bertz CT molecular complexity index is 610. The maximum Gasteiger partial charge on any atom is 0.178 e. The molecule has 1 aromatic carbocycles. The summed E-state index contributed by atoms with van der Waals surface area (Å²) in [6, 6.07) is 3.39. The Hall–Kier alpha value is -1.16. The van der Waals surface area contributed by atoms with Crippen LogP contribution < -0.4 is 0 Å². The van der Waals surface area contributed by atoms with Crippen molar-refractivity contribution in [1.29, 1.82) is 0 Å². The lowest BCUT2D eigenvalue weighted by molar-refractivity contribution is 0.514. The van der Waals surface area contributed by atoms with Crippen molar-refractivity contribution >= 4 is 23.3 Å². The molecule has 0 aliphatic carbocycles. The number of aryl methyl sites for hydroxylation is 2. The first-order valence-electron chi connectivity index (χ1n) is 6.37. The van der Waals surface area contributed by atoms with Crippen LogP contribution in [0.1, 0.15) is 32.3 Å². The zero-order valence-electron chi connectivity index (χ0n) is 11.1. The second-order valence-corrected chi connectivity index (χ2v) is 5.62. The van der Waals surface area contributed by atoms with E-state index in [4.69, 9.17) is 12.2 Å². The molecule has 0 fully saturated rings. The predicted octanol–water partition coefficient (Wildman–Crippen LogP) is 4.58. The Balaban J connectivity index is 2.35. The average Bonchev–Trinajstić information content (AvgIpc) is 2.56. The Labute approximate surface area is 112 Å². The highest BCUT2D eigenvalue weighted by Crippen LogP contribution is 2.19. The van der Waals surface area contributed by atoms with Crippen molar-refractivity contribution in [3.63, 3.8) is 0 Å². The third kappa shape index (κ3) is 2.64. The standard InChI is InChI=1S/C14H19FN2S/c1-9(2)5-4-6-17-13-7-10(3)11(15)8-12(13)16-14(17)18/h7-9H,4-6H2,1-3H3,(H,16,18). The summed E-state index contributed by atoms with van der Waals surface area (Å²) in [5.74, 6) is 0.511. The van der Waals surface area contributed by atoms with E-state index in [1.165, 1.54) is 12.5 Å². The maximum absolute atomic E-state index is 13.5. The molecule has 0 aliphatic rings. The normalized spacial score (nSPS) is 11.6. The minimum Gasteiger partial charge on any atom is -0.330 e. The van der Waals surface area contributed by atoms with Gasteiger partial charge in [-0.2, -0.15) is 0 Å². The highest BCUT2D eigenvalue weighted by molar-refractivity contribution is 7.71. The smallest absolute Gasteiger partial charge is 0.178 e. The van der Waals surface area contributed by atoms with Crippen molar-refractivity contribution in [3.05, 3.63) is 28.3 Å². The molecule has 0 atom stereocenters. The van der Waals surface area contributed by atoms with Crippen LogP contribution in [0.4, 0.5) is 4.39 Å². The lowest BCUT2D eigenvalue weighted by atomic mass is 10.1. The highest BCUT2D eigenvalue weighted by atomic mass is 32.1. The van der Waals surface area contributed by atoms with E-state index in [0.29, 0.717) is 16.3 Å². The summed E-state index contributed by atoms with van der Waals surface area (Å²) in [4.78, 5) is 3.07. The Morgan fingerprint density at radius 3 is 2.78 bits per heavy atom. The number of H-pyrrole nitrogens is 1. The lowest BCUT2D eigenvalue weighted by Crippen LogP contribution is -2.00. The molecule has 2 nitrogen and oxygen atoms in total. The third-order valence-corrected chi connectivity index (χ3v) is 3.54. The van der Waals surface area contributed by atoms with Crippen molar-refractivity contribution in [2.24, 2.45) is 5.92 Å². The van der Waals surface area contributed by atoms with E-state index in [2.05, 4.69) is 23.4 Å². The molecule has 0 unspecified atom stereocenters. The second-order valence-electron chi connectivity index (χ2n) is 5.24. The first kappa shape index (κ1) is 13.3. The van der Waals surface area contributed by atoms with Crippen molar-refractivity contribution in [2.75, 3.05) is 0 Å². The summed E-state index contributed by atoms with van der Waals surface area (Å²) < 4.78 is 16.2.